The number of fused-ring (bicyclic) bond motifs is 1. The number of pyridine rings is 1. The van der Waals surface area contributed by atoms with Crippen molar-refractivity contribution in [2.75, 3.05) is 6.54 Å². The van der Waals surface area contributed by atoms with Crippen LogP contribution in [0.2, 0.25) is 0 Å². The molecule has 2 aliphatic rings. The molecule has 0 spiro atoms. The summed E-state index contributed by atoms with van der Waals surface area (Å²) in [5.74, 6) is -3.67. The van der Waals surface area contributed by atoms with E-state index in [-0.39, 0.29) is 52.1 Å². The van der Waals surface area contributed by atoms with Crippen LogP contribution in [0.5, 0.6) is 0 Å². The molecule has 1 N–H and O–H groups in total. The zero-order valence-electron chi connectivity index (χ0n) is 21.3. The lowest BCUT2D eigenvalue weighted by atomic mass is 9.55. The van der Waals surface area contributed by atoms with Crippen molar-refractivity contribution in [3.63, 3.8) is 0 Å². The van der Waals surface area contributed by atoms with Gasteiger partial charge >= 0.3 is 6.18 Å². The minimum atomic E-state index is -4.73. The Morgan fingerprint density at radius 3 is 2.33 bits per heavy atom. The van der Waals surface area contributed by atoms with Gasteiger partial charge in [0.05, 0.1) is 16.8 Å². The molecule has 40 heavy (non-hydrogen) atoms. The fourth-order valence-corrected chi connectivity index (χ4v) is 7.20. The largest absolute Gasteiger partial charge is 0.451 e. The molecule has 0 radical (unpaired) electrons. The van der Waals surface area contributed by atoms with Crippen LogP contribution in [-0.2, 0) is 27.5 Å². The van der Waals surface area contributed by atoms with E-state index in [0.29, 0.717) is 6.42 Å². The van der Waals surface area contributed by atoms with E-state index in [0.717, 1.165) is 47.2 Å². The number of aromatic nitrogens is 3. The highest BCUT2D eigenvalue weighted by molar-refractivity contribution is 7.89. The summed E-state index contributed by atoms with van der Waals surface area (Å²) in [6.07, 6.45) is -1.44. The zero-order valence-corrected chi connectivity index (χ0v) is 22.1. The van der Waals surface area contributed by atoms with Crippen LogP contribution < -0.4 is 5.32 Å². The van der Waals surface area contributed by atoms with Gasteiger partial charge in [0.1, 0.15) is 17.7 Å². The molecule has 3 aromatic rings. The lowest BCUT2D eigenvalue weighted by molar-refractivity contribution is -0.145. The van der Waals surface area contributed by atoms with E-state index in [1.807, 2.05) is 13.8 Å². The first-order valence-corrected chi connectivity index (χ1v) is 13.7. The summed E-state index contributed by atoms with van der Waals surface area (Å²) in [6, 6.07) is 4.54. The smallest absolute Gasteiger partial charge is 0.351 e. The molecule has 1 aliphatic heterocycles. The fourth-order valence-electron chi connectivity index (χ4n) is 5.54. The van der Waals surface area contributed by atoms with Gasteiger partial charge < -0.3 is 5.32 Å². The molecule has 1 amide bonds. The molecule has 5 rings (SSSR count). The number of rotatable bonds is 6. The number of hydrogen-bond acceptors (Lipinski definition) is 6. The Hall–Kier alpha value is -3.52. The summed E-state index contributed by atoms with van der Waals surface area (Å²) in [5.41, 5.74) is -0.0183. The minimum Gasteiger partial charge on any atom is -0.351 e. The third-order valence-electron chi connectivity index (χ3n) is 7.65. The minimum absolute atomic E-state index is 0.0188. The number of nitrogens with zero attached hydrogens (tertiary/aromatic N) is 4. The maximum Gasteiger partial charge on any atom is 0.451 e. The topological polar surface area (TPSA) is 105 Å². The highest BCUT2D eigenvalue weighted by atomic mass is 32.2. The summed E-state index contributed by atoms with van der Waals surface area (Å²) in [5, 5.41) is 2.61. The molecule has 14 heteroatoms. The Bertz CT molecular complexity index is 1550. The van der Waals surface area contributed by atoms with Crippen molar-refractivity contribution in [2.24, 2.45) is 17.3 Å². The van der Waals surface area contributed by atoms with E-state index >= 15 is 0 Å². The number of hydrogen-bond donors (Lipinski definition) is 1. The maximum absolute atomic E-state index is 14.6. The predicted octanol–water partition coefficient (Wildman–Crippen LogP) is 4.19. The van der Waals surface area contributed by atoms with Crippen molar-refractivity contribution in [3.8, 4) is 11.3 Å². The number of nitrogens with one attached hydrogen (secondary N) is 1. The summed E-state index contributed by atoms with van der Waals surface area (Å²) in [7, 11) is -4.15. The molecule has 0 unspecified atom stereocenters. The fraction of sp³-hybridized carbons (Fsp3) is 0.385. The standard InChI is InChI=1S/C26H24F5N5O3S/c1-25(2)8-18-19(25)13-36(40(38,39)17-5-3-16(27)4-6-17)22(18)23(37)33-9-14-7-21(32-12-20(14)28)15-10-34-24(35-11-15)26(29,30)31/h3-7,10-12,18-19,22H,8-9,13H2,1-2H3,(H,33,37)/t18-,19-,22-/m0/s1. The van der Waals surface area contributed by atoms with Gasteiger partial charge in [-0.05, 0) is 54.0 Å². The quantitative estimate of drug-likeness (QED) is 0.438. The predicted molar refractivity (Wildman–Crippen MR) is 132 cm³/mol. The Kier molecular flexibility index (Phi) is 6.89. The zero-order chi connectivity index (χ0) is 29.0. The molecule has 3 atom stereocenters. The van der Waals surface area contributed by atoms with Crippen LogP contribution in [0.25, 0.3) is 11.3 Å². The van der Waals surface area contributed by atoms with Gasteiger partial charge in [-0.15, -0.1) is 0 Å². The third-order valence-corrected chi connectivity index (χ3v) is 9.51. The van der Waals surface area contributed by atoms with Crippen molar-refractivity contribution < 1.29 is 35.2 Å². The first-order valence-electron chi connectivity index (χ1n) is 12.3. The maximum atomic E-state index is 14.6. The number of carbonyl (C=O) groups is 1. The Morgan fingerprint density at radius 2 is 1.73 bits per heavy atom. The average Bonchev–Trinajstić information content (AvgIpc) is 3.24. The summed E-state index contributed by atoms with van der Waals surface area (Å²) >= 11 is 0. The second-order valence-electron chi connectivity index (χ2n) is 10.6. The van der Waals surface area contributed by atoms with Gasteiger partial charge in [-0.1, -0.05) is 13.8 Å². The Balaban J connectivity index is 1.37. The second-order valence-corrected chi connectivity index (χ2v) is 12.5. The van der Waals surface area contributed by atoms with Crippen molar-refractivity contribution >= 4 is 15.9 Å². The van der Waals surface area contributed by atoms with E-state index in [4.69, 9.17) is 0 Å². The van der Waals surface area contributed by atoms with E-state index in [1.54, 1.807) is 0 Å². The number of carbonyl (C=O) groups excluding carboxylic acids is 1. The first kappa shape index (κ1) is 28.0. The molecule has 2 aromatic heterocycles. The van der Waals surface area contributed by atoms with Crippen molar-refractivity contribution in [2.45, 2.75) is 43.9 Å². The Labute approximate surface area is 226 Å². The first-order chi connectivity index (χ1) is 18.7. The highest BCUT2D eigenvalue weighted by Crippen LogP contribution is 2.57. The van der Waals surface area contributed by atoms with Crippen LogP contribution in [0.15, 0.2) is 53.8 Å². The number of alkyl halides is 3. The molecule has 1 saturated heterocycles. The van der Waals surface area contributed by atoms with Gasteiger partial charge in [-0.3, -0.25) is 9.78 Å². The van der Waals surface area contributed by atoms with Crippen molar-refractivity contribution in [1.29, 1.82) is 0 Å². The number of amides is 1. The van der Waals surface area contributed by atoms with Crippen LogP contribution in [0.1, 0.15) is 31.7 Å². The monoisotopic (exact) mass is 581 g/mol. The van der Waals surface area contributed by atoms with Gasteiger partial charge in [-0.2, -0.15) is 17.5 Å². The van der Waals surface area contributed by atoms with Crippen LogP contribution in [0.3, 0.4) is 0 Å². The second kappa shape index (κ2) is 9.84. The van der Waals surface area contributed by atoms with E-state index in [2.05, 4.69) is 20.3 Å². The molecule has 0 bridgehead atoms. The molecule has 8 nitrogen and oxygen atoms in total. The van der Waals surface area contributed by atoms with Gasteiger partial charge in [0.2, 0.25) is 21.8 Å². The van der Waals surface area contributed by atoms with Gasteiger partial charge in [0, 0.05) is 36.6 Å². The van der Waals surface area contributed by atoms with Crippen LogP contribution >= 0.6 is 0 Å². The molecule has 1 aromatic carbocycles. The molecular weight excluding hydrogens is 557 g/mol. The SMILES string of the molecule is CC1(C)C[C@@H]2[C@@H](C(=O)NCc3cc(-c4cnc(C(F)(F)F)nc4)ncc3F)N(S(=O)(=O)c3ccc(F)cc3)C[C@@H]21. The van der Waals surface area contributed by atoms with Crippen LogP contribution in [0.4, 0.5) is 22.0 Å². The summed E-state index contributed by atoms with van der Waals surface area (Å²) in [4.78, 5) is 23.7. The van der Waals surface area contributed by atoms with Gasteiger partial charge in [0.25, 0.3) is 0 Å². The molecule has 2 fully saturated rings. The third kappa shape index (κ3) is 5.05. The molecule has 3 heterocycles. The average molecular weight is 582 g/mol. The van der Waals surface area contributed by atoms with E-state index < -0.39 is 45.6 Å². The number of halogens is 5. The van der Waals surface area contributed by atoms with E-state index in [1.165, 1.54) is 6.07 Å². The molecule has 212 valence electrons. The van der Waals surface area contributed by atoms with Crippen LogP contribution in [0, 0.1) is 28.9 Å². The lowest BCUT2D eigenvalue weighted by Crippen LogP contribution is -2.51. The van der Waals surface area contributed by atoms with Gasteiger partial charge in [0.15, 0.2) is 0 Å². The summed E-state index contributed by atoms with van der Waals surface area (Å²) in [6.45, 7) is 3.77. The molecule has 1 saturated carbocycles. The van der Waals surface area contributed by atoms with E-state index in [9.17, 15) is 35.2 Å². The van der Waals surface area contributed by atoms with Crippen molar-refractivity contribution in [3.05, 3.63) is 71.9 Å². The molecule has 1 aliphatic carbocycles. The number of benzene rings is 1. The highest BCUT2D eigenvalue weighted by Gasteiger charge is 2.61. The summed E-state index contributed by atoms with van der Waals surface area (Å²) < 4.78 is 94.4. The lowest BCUT2D eigenvalue weighted by Gasteiger charge is -2.48. The molecular formula is C26H24F5N5O3S. The Morgan fingerprint density at radius 1 is 1.07 bits per heavy atom. The number of sulfonamides is 1. The normalized spacial score (nSPS) is 22.4. The van der Waals surface area contributed by atoms with Crippen molar-refractivity contribution in [1.82, 2.24) is 24.6 Å². The van der Waals surface area contributed by atoms with Gasteiger partial charge in [-0.25, -0.2) is 27.2 Å². The van der Waals surface area contributed by atoms with Crippen LogP contribution in [-0.4, -0.2) is 46.2 Å².